The van der Waals surface area contributed by atoms with Crippen molar-refractivity contribution in [3.63, 3.8) is 0 Å². The van der Waals surface area contributed by atoms with Crippen LogP contribution in [0.25, 0.3) is 0 Å². The fourth-order valence-electron chi connectivity index (χ4n) is 1.43. The monoisotopic (exact) mass is 390 g/mol. The maximum Gasteiger partial charge on any atom is 0.211 e. The van der Waals surface area contributed by atoms with Gasteiger partial charge in [0, 0.05) is 0 Å². The maximum atomic E-state index is 5.72. The first kappa shape index (κ1) is 16.5. The van der Waals surface area contributed by atoms with Crippen LogP contribution in [0.4, 0.5) is 0 Å². The molecule has 0 bridgehead atoms. The number of benzene rings is 1. The molecule has 1 aromatic rings. The molecule has 0 atom stereocenters. The predicted molar refractivity (Wildman–Crippen MR) is 89.5 cm³/mol. The Labute approximate surface area is 132 Å². The number of guanidine groups is 1. The van der Waals surface area contributed by atoms with E-state index in [4.69, 9.17) is 20.9 Å². The third-order valence-corrected chi connectivity index (χ3v) is 2.96. The van der Waals surface area contributed by atoms with Crippen molar-refractivity contribution in [1.82, 2.24) is 0 Å². The average molecular weight is 390 g/mol. The summed E-state index contributed by atoms with van der Waals surface area (Å²) in [5.41, 5.74) is 11.3. The van der Waals surface area contributed by atoms with Crippen LogP contribution in [0.1, 0.15) is 25.8 Å². The molecule has 0 heterocycles. The summed E-state index contributed by atoms with van der Waals surface area (Å²) in [6.07, 6.45) is 2.50. The highest BCUT2D eigenvalue weighted by Crippen LogP contribution is 2.34. The molecular formula is C13H19IN4O2. The van der Waals surface area contributed by atoms with Gasteiger partial charge >= 0.3 is 0 Å². The smallest absolute Gasteiger partial charge is 0.211 e. The van der Waals surface area contributed by atoms with Crippen LogP contribution < -0.4 is 20.9 Å². The van der Waals surface area contributed by atoms with Crippen molar-refractivity contribution < 1.29 is 9.47 Å². The maximum absolute atomic E-state index is 5.72. The molecule has 0 fully saturated rings. The van der Waals surface area contributed by atoms with Crippen molar-refractivity contribution in [2.24, 2.45) is 21.7 Å². The molecule has 0 spiro atoms. The Kier molecular flexibility index (Phi) is 7.13. The van der Waals surface area contributed by atoms with E-state index in [1.165, 1.54) is 0 Å². The lowest BCUT2D eigenvalue weighted by atomic mass is 10.2. The standard InChI is InChI=1S/C13H19IN4O2/c1-3-5-20-12-10(14)6-9(7-11(12)19-4-2)8-17-18-13(15)16/h6-8H,3-5H2,1-2H3,(H4,15,16,18). The van der Waals surface area contributed by atoms with Crippen molar-refractivity contribution in [2.45, 2.75) is 20.3 Å². The van der Waals surface area contributed by atoms with E-state index in [0.29, 0.717) is 19.0 Å². The number of hydrogen-bond donors (Lipinski definition) is 2. The summed E-state index contributed by atoms with van der Waals surface area (Å²) in [5, 5.41) is 7.35. The lowest BCUT2D eigenvalue weighted by Gasteiger charge is -2.14. The normalized spacial score (nSPS) is 10.6. The van der Waals surface area contributed by atoms with Gasteiger partial charge in [-0.3, -0.25) is 0 Å². The minimum Gasteiger partial charge on any atom is -0.490 e. The SMILES string of the molecule is CCCOc1c(I)cc(C=NN=C(N)N)cc1OCC. The molecule has 0 radical (unpaired) electrons. The fourth-order valence-corrected chi connectivity index (χ4v) is 2.21. The number of hydrogen-bond acceptors (Lipinski definition) is 4. The van der Waals surface area contributed by atoms with Gasteiger partial charge in [0.15, 0.2) is 11.5 Å². The first-order valence-corrected chi connectivity index (χ1v) is 7.37. The van der Waals surface area contributed by atoms with Crippen molar-refractivity contribution in [1.29, 1.82) is 0 Å². The van der Waals surface area contributed by atoms with Crippen LogP contribution in [0.5, 0.6) is 11.5 Å². The van der Waals surface area contributed by atoms with Gasteiger partial charge in [0.05, 0.1) is 23.0 Å². The number of nitrogens with two attached hydrogens (primary N) is 2. The van der Waals surface area contributed by atoms with E-state index >= 15 is 0 Å². The Balaban J connectivity index is 3.05. The van der Waals surface area contributed by atoms with Crippen LogP contribution in [0, 0.1) is 3.57 Å². The lowest BCUT2D eigenvalue weighted by Crippen LogP contribution is -2.21. The van der Waals surface area contributed by atoms with Crippen LogP contribution in [0.15, 0.2) is 22.3 Å². The highest BCUT2D eigenvalue weighted by molar-refractivity contribution is 14.1. The fraction of sp³-hybridized carbons (Fsp3) is 0.385. The third kappa shape index (κ3) is 5.24. The molecule has 20 heavy (non-hydrogen) atoms. The first-order valence-electron chi connectivity index (χ1n) is 6.29. The van der Waals surface area contributed by atoms with E-state index in [1.54, 1.807) is 6.21 Å². The second-order valence-electron chi connectivity index (χ2n) is 3.88. The lowest BCUT2D eigenvalue weighted by molar-refractivity contribution is 0.275. The summed E-state index contributed by atoms with van der Waals surface area (Å²) in [5.74, 6) is 1.37. The summed E-state index contributed by atoms with van der Waals surface area (Å²) >= 11 is 2.20. The van der Waals surface area contributed by atoms with Crippen molar-refractivity contribution in [2.75, 3.05) is 13.2 Å². The Bertz CT molecular complexity index is 499. The molecule has 6 nitrogen and oxygen atoms in total. The van der Waals surface area contributed by atoms with Gasteiger partial charge in [-0.1, -0.05) is 6.92 Å². The molecule has 7 heteroatoms. The second-order valence-corrected chi connectivity index (χ2v) is 5.04. The van der Waals surface area contributed by atoms with E-state index in [0.717, 1.165) is 21.3 Å². The minimum absolute atomic E-state index is 0.0797. The van der Waals surface area contributed by atoms with Gasteiger partial charge in [0.1, 0.15) is 0 Å². The summed E-state index contributed by atoms with van der Waals surface area (Å²) in [6, 6.07) is 3.78. The molecule has 0 aliphatic rings. The zero-order valence-electron chi connectivity index (χ0n) is 11.6. The van der Waals surface area contributed by atoms with Crippen molar-refractivity contribution in [3.05, 3.63) is 21.3 Å². The van der Waals surface area contributed by atoms with Gasteiger partial charge in [-0.2, -0.15) is 5.10 Å². The van der Waals surface area contributed by atoms with Gasteiger partial charge < -0.3 is 20.9 Å². The molecule has 0 aliphatic carbocycles. The largest absolute Gasteiger partial charge is 0.490 e. The molecule has 1 rings (SSSR count). The molecule has 110 valence electrons. The second kappa shape index (κ2) is 8.62. The average Bonchev–Trinajstić information content (AvgIpc) is 2.38. The van der Waals surface area contributed by atoms with E-state index in [1.807, 2.05) is 19.1 Å². The number of ether oxygens (including phenoxy) is 2. The van der Waals surface area contributed by atoms with Crippen molar-refractivity contribution >= 4 is 34.8 Å². The quantitative estimate of drug-likeness (QED) is 0.323. The Morgan fingerprint density at radius 2 is 2.05 bits per heavy atom. The molecule has 0 saturated carbocycles. The molecule has 0 amide bonds. The van der Waals surface area contributed by atoms with Gasteiger partial charge in [-0.15, -0.1) is 5.10 Å². The summed E-state index contributed by atoms with van der Waals surface area (Å²) in [6.45, 7) is 5.20. The molecular weight excluding hydrogens is 371 g/mol. The first-order chi connectivity index (χ1) is 9.58. The Morgan fingerprint density at radius 3 is 2.65 bits per heavy atom. The zero-order valence-corrected chi connectivity index (χ0v) is 13.8. The molecule has 0 saturated heterocycles. The Hall–Kier alpha value is -1.51. The van der Waals surface area contributed by atoms with Crippen LogP contribution in [0.3, 0.4) is 0 Å². The minimum atomic E-state index is -0.0797. The van der Waals surface area contributed by atoms with Crippen LogP contribution in [-0.4, -0.2) is 25.4 Å². The van der Waals surface area contributed by atoms with E-state index in [9.17, 15) is 0 Å². The predicted octanol–water partition coefficient (Wildman–Crippen LogP) is 2.09. The summed E-state index contributed by atoms with van der Waals surface area (Å²) < 4.78 is 12.3. The number of nitrogens with zero attached hydrogens (tertiary/aromatic N) is 2. The topological polar surface area (TPSA) is 95.2 Å². The number of rotatable bonds is 7. The summed E-state index contributed by atoms with van der Waals surface area (Å²) in [4.78, 5) is 0. The molecule has 0 unspecified atom stereocenters. The molecule has 4 N–H and O–H groups in total. The zero-order chi connectivity index (χ0) is 15.0. The van der Waals surface area contributed by atoms with Crippen LogP contribution in [-0.2, 0) is 0 Å². The van der Waals surface area contributed by atoms with Gasteiger partial charge in [0.25, 0.3) is 0 Å². The molecule has 1 aromatic carbocycles. The highest BCUT2D eigenvalue weighted by atomic mass is 127. The van der Waals surface area contributed by atoms with Gasteiger partial charge in [-0.25, -0.2) is 0 Å². The van der Waals surface area contributed by atoms with E-state index in [-0.39, 0.29) is 5.96 Å². The van der Waals surface area contributed by atoms with Gasteiger partial charge in [0.2, 0.25) is 5.96 Å². The van der Waals surface area contributed by atoms with Gasteiger partial charge in [-0.05, 0) is 53.6 Å². The molecule has 0 aliphatic heterocycles. The van der Waals surface area contributed by atoms with Crippen LogP contribution >= 0.6 is 22.6 Å². The van der Waals surface area contributed by atoms with E-state index in [2.05, 4.69) is 39.7 Å². The number of halogens is 1. The Morgan fingerprint density at radius 1 is 1.30 bits per heavy atom. The van der Waals surface area contributed by atoms with Crippen molar-refractivity contribution in [3.8, 4) is 11.5 Å². The summed E-state index contributed by atoms with van der Waals surface area (Å²) in [7, 11) is 0. The van der Waals surface area contributed by atoms with E-state index < -0.39 is 0 Å². The van der Waals surface area contributed by atoms with Crippen LogP contribution in [0.2, 0.25) is 0 Å². The highest BCUT2D eigenvalue weighted by Gasteiger charge is 2.11. The third-order valence-electron chi connectivity index (χ3n) is 2.16. The molecule has 0 aromatic heterocycles.